The summed E-state index contributed by atoms with van der Waals surface area (Å²) in [6.07, 6.45) is -8.16. The van der Waals surface area contributed by atoms with Crippen molar-refractivity contribution in [2.24, 2.45) is 11.7 Å². The smallest absolute Gasteiger partial charge is 0.481 e. The second kappa shape index (κ2) is 13.7. The van der Waals surface area contributed by atoms with Crippen molar-refractivity contribution in [1.82, 2.24) is 5.32 Å². The summed E-state index contributed by atoms with van der Waals surface area (Å²) in [6, 6.07) is 5.95. The standard InChI is InChI=1S/C24H22F3N3O11/c25-24(26,27)23(38)41-18(33)10-15(21(35)36)30-20(34)12(3-8-17(31)32)9-14-6-7-16(39-14)22(37)40-13-4-1-11(2-5-13)19(28)29/h1-2,4-7,12,15H,3,8-10H2,(H3,28,29)(H,30,34)(H,31,32)(H,35,36)/t12?,15-/m0/s1. The Morgan fingerprint density at radius 1 is 1.02 bits per heavy atom. The minimum atomic E-state index is -5.52. The number of carboxylic acids is 2. The van der Waals surface area contributed by atoms with Gasteiger partial charge >= 0.3 is 36.0 Å². The van der Waals surface area contributed by atoms with Gasteiger partial charge in [-0.05, 0) is 42.8 Å². The summed E-state index contributed by atoms with van der Waals surface area (Å²) in [7, 11) is 0. The number of hydrogen-bond donors (Lipinski definition) is 5. The number of amidine groups is 1. The molecule has 2 atom stereocenters. The van der Waals surface area contributed by atoms with Gasteiger partial charge in [-0.15, -0.1) is 0 Å². The van der Waals surface area contributed by atoms with Crippen LogP contribution < -0.4 is 15.8 Å². The molecule has 41 heavy (non-hydrogen) atoms. The van der Waals surface area contributed by atoms with Gasteiger partial charge in [-0.25, -0.2) is 14.4 Å². The van der Waals surface area contributed by atoms with Crippen LogP contribution in [0.15, 0.2) is 40.8 Å². The van der Waals surface area contributed by atoms with E-state index in [0.29, 0.717) is 5.56 Å². The molecule has 0 saturated carbocycles. The van der Waals surface area contributed by atoms with E-state index in [4.69, 9.17) is 25.4 Å². The van der Waals surface area contributed by atoms with Crippen molar-refractivity contribution in [3.63, 3.8) is 0 Å². The summed E-state index contributed by atoms with van der Waals surface area (Å²) in [4.78, 5) is 70.1. The molecule has 1 unspecified atom stereocenters. The Morgan fingerprint density at radius 3 is 2.20 bits per heavy atom. The van der Waals surface area contributed by atoms with Crippen LogP contribution >= 0.6 is 0 Å². The third kappa shape index (κ3) is 10.1. The number of benzene rings is 1. The number of amides is 1. The molecule has 1 amide bonds. The minimum Gasteiger partial charge on any atom is -0.481 e. The van der Waals surface area contributed by atoms with Gasteiger partial charge in [0.1, 0.15) is 23.4 Å². The second-order valence-electron chi connectivity index (χ2n) is 8.29. The Balaban J connectivity index is 2.10. The maximum absolute atomic E-state index is 12.8. The number of aliphatic carboxylic acids is 2. The Bertz CT molecular complexity index is 1340. The molecule has 0 aliphatic carbocycles. The second-order valence-corrected chi connectivity index (χ2v) is 8.29. The minimum absolute atomic E-state index is 0.0172. The van der Waals surface area contributed by atoms with Crippen molar-refractivity contribution in [1.29, 1.82) is 5.41 Å². The highest BCUT2D eigenvalue weighted by Crippen LogP contribution is 2.21. The zero-order valence-corrected chi connectivity index (χ0v) is 20.7. The van der Waals surface area contributed by atoms with Crippen molar-refractivity contribution >= 4 is 41.6 Å². The van der Waals surface area contributed by atoms with Gasteiger partial charge in [0, 0.05) is 24.3 Å². The molecule has 0 spiro atoms. The lowest BCUT2D eigenvalue weighted by atomic mass is 9.96. The lowest BCUT2D eigenvalue weighted by Crippen LogP contribution is -2.46. The predicted octanol–water partition coefficient (Wildman–Crippen LogP) is 1.40. The number of carbonyl (C=O) groups is 6. The van der Waals surface area contributed by atoms with Gasteiger partial charge in [0.05, 0.1) is 6.42 Å². The van der Waals surface area contributed by atoms with Crippen LogP contribution in [-0.4, -0.2) is 64.0 Å². The molecular formula is C24H22F3N3O11. The fourth-order valence-corrected chi connectivity index (χ4v) is 3.18. The average Bonchev–Trinajstić information content (AvgIpc) is 3.34. The van der Waals surface area contributed by atoms with Crippen LogP contribution in [0.3, 0.4) is 0 Å². The van der Waals surface area contributed by atoms with Crippen molar-refractivity contribution < 1.29 is 66.0 Å². The zero-order chi connectivity index (χ0) is 30.9. The number of ether oxygens (including phenoxy) is 2. The molecule has 0 aliphatic rings. The van der Waals surface area contributed by atoms with Crippen LogP contribution in [0.5, 0.6) is 5.75 Å². The van der Waals surface area contributed by atoms with Gasteiger partial charge in [-0.3, -0.25) is 19.8 Å². The number of carboxylic acid groups (broad SMARTS) is 2. The average molecular weight is 585 g/mol. The molecule has 0 fully saturated rings. The number of hydrogen-bond acceptors (Lipinski definition) is 10. The highest BCUT2D eigenvalue weighted by molar-refractivity contribution is 5.95. The maximum atomic E-state index is 12.8. The number of halogens is 3. The molecule has 1 aromatic carbocycles. The number of nitrogen functional groups attached to an aromatic ring is 1. The Labute approximate surface area is 227 Å². The number of nitrogens with two attached hydrogens (primary N) is 1. The first kappa shape index (κ1) is 32.0. The lowest BCUT2D eigenvalue weighted by molar-refractivity contribution is -0.202. The van der Waals surface area contributed by atoms with Gasteiger partial charge in [-0.1, -0.05) is 0 Å². The summed E-state index contributed by atoms with van der Waals surface area (Å²) >= 11 is 0. The first-order valence-corrected chi connectivity index (χ1v) is 11.4. The number of nitrogens with one attached hydrogen (secondary N) is 2. The molecule has 0 radical (unpaired) electrons. The fourth-order valence-electron chi connectivity index (χ4n) is 3.18. The number of furan rings is 1. The molecule has 2 aromatic rings. The summed E-state index contributed by atoms with van der Waals surface area (Å²) in [5.74, 6) is -11.7. The number of rotatable bonds is 13. The van der Waals surface area contributed by atoms with E-state index in [0.717, 1.165) is 0 Å². The van der Waals surface area contributed by atoms with E-state index in [9.17, 15) is 47.0 Å². The summed E-state index contributed by atoms with van der Waals surface area (Å²) in [6.45, 7) is 0. The van der Waals surface area contributed by atoms with E-state index >= 15 is 0 Å². The third-order valence-electron chi connectivity index (χ3n) is 5.19. The molecule has 0 bridgehead atoms. The SMILES string of the molecule is N=C(N)c1ccc(OC(=O)c2ccc(CC(CCC(=O)O)C(=O)N[C@@H](CC(=O)OC(=O)C(F)(F)F)C(=O)O)o2)cc1. The highest BCUT2D eigenvalue weighted by Gasteiger charge is 2.43. The summed E-state index contributed by atoms with van der Waals surface area (Å²) in [5.41, 5.74) is 5.73. The van der Waals surface area contributed by atoms with Crippen LogP contribution in [0.25, 0.3) is 0 Å². The van der Waals surface area contributed by atoms with Crippen molar-refractivity contribution in [3.05, 3.63) is 53.5 Å². The van der Waals surface area contributed by atoms with Crippen molar-refractivity contribution in [3.8, 4) is 5.75 Å². The van der Waals surface area contributed by atoms with E-state index in [1.165, 1.54) is 36.4 Å². The van der Waals surface area contributed by atoms with E-state index in [2.05, 4.69) is 4.74 Å². The van der Waals surface area contributed by atoms with Crippen molar-refractivity contribution in [2.45, 2.75) is 37.9 Å². The molecule has 0 aliphatic heterocycles. The van der Waals surface area contributed by atoms with Gasteiger partial charge in [0.15, 0.2) is 0 Å². The molecule has 6 N–H and O–H groups in total. The first-order valence-electron chi connectivity index (χ1n) is 11.4. The van der Waals surface area contributed by atoms with E-state index in [1.54, 1.807) is 0 Å². The Morgan fingerprint density at radius 2 is 1.66 bits per heavy atom. The number of alkyl halides is 3. The Hall–Kier alpha value is -5.22. The van der Waals surface area contributed by atoms with E-state index < -0.39 is 66.7 Å². The zero-order valence-electron chi connectivity index (χ0n) is 20.7. The molecule has 0 saturated heterocycles. The predicted molar refractivity (Wildman–Crippen MR) is 127 cm³/mol. The molecule has 1 aromatic heterocycles. The largest absolute Gasteiger partial charge is 0.491 e. The number of carbonyl (C=O) groups excluding carboxylic acids is 4. The lowest BCUT2D eigenvalue weighted by Gasteiger charge is -2.19. The summed E-state index contributed by atoms with van der Waals surface area (Å²) in [5, 5.41) is 27.5. The van der Waals surface area contributed by atoms with Crippen LogP contribution in [0.4, 0.5) is 13.2 Å². The third-order valence-corrected chi connectivity index (χ3v) is 5.19. The normalized spacial score (nSPS) is 12.5. The quantitative estimate of drug-likeness (QED) is 0.0737. The number of esters is 3. The molecular weight excluding hydrogens is 563 g/mol. The maximum Gasteiger partial charge on any atom is 0.491 e. The monoisotopic (exact) mass is 585 g/mol. The molecule has 1 heterocycles. The van der Waals surface area contributed by atoms with Gasteiger partial charge in [0.25, 0.3) is 0 Å². The molecule has 14 nitrogen and oxygen atoms in total. The molecule has 2 rings (SSSR count). The van der Waals surface area contributed by atoms with Crippen LogP contribution in [-0.2, 0) is 35.1 Å². The first-order chi connectivity index (χ1) is 19.1. The van der Waals surface area contributed by atoms with Crippen LogP contribution in [0.1, 0.15) is 41.1 Å². The van der Waals surface area contributed by atoms with Crippen LogP contribution in [0.2, 0.25) is 0 Å². The highest BCUT2D eigenvalue weighted by atomic mass is 19.4. The molecule has 17 heteroatoms. The van der Waals surface area contributed by atoms with Crippen LogP contribution in [0, 0.1) is 11.3 Å². The molecule has 220 valence electrons. The van der Waals surface area contributed by atoms with Gasteiger partial charge < -0.3 is 35.2 Å². The van der Waals surface area contributed by atoms with E-state index in [1.807, 2.05) is 5.32 Å². The van der Waals surface area contributed by atoms with Gasteiger partial charge in [0.2, 0.25) is 11.7 Å². The van der Waals surface area contributed by atoms with Gasteiger partial charge in [-0.2, -0.15) is 13.2 Å². The topological polar surface area (TPSA) is 236 Å². The Kier molecular flexibility index (Phi) is 10.7. The van der Waals surface area contributed by atoms with E-state index in [-0.39, 0.29) is 35.9 Å². The fraction of sp³-hybridized carbons (Fsp3) is 0.292. The van der Waals surface area contributed by atoms with Crippen molar-refractivity contribution in [2.75, 3.05) is 0 Å². The summed E-state index contributed by atoms with van der Waals surface area (Å²) < 4.78 is 50.8.